The van der Waals surface area contributed by atoms with Gasteiger partial charge in [0, 0.05) is 11.0 Å². The third-order valence-electron chi connectivity index (χ3n) is 4.38. The van der Waals surface area contributed by atoms with Crippen LogP contribution in [0, 0.1) is 5.82 Å². The van der Waals surface area contributed by atoms with Crippen molar-refractivity contribution < 1.29 is 17.6 Å². The number of benzene rings is 3. The smallest absolute Gasteiger partial charge is 0.264 e. The Morgan fingerprint density at radius 3 is 2.20 bits per heavy atom. The second kappa shape index (κ2) is 9.86. The summed E-state index contributed by atoms with van der Waals surface area (Å²) in [7, 11) is -3.93. The molecule has 0 heterocycles. The predicted molar refractivity (Wildman–Crippen MR) is 118 cm³/mol. The lowest BCUT2D eigenvalue weighted by Gasteiger charge is -2.24. The Balaban J connectivity index is 1.74. The number of sulfonamides is 1. The Labute approximate surface area is 183 Å². The molecule has 0 bridgehead atoms. The van der Waals surface area contributed by atoms with Crippen LogP contribution in [0.15, 0.2) is 88.2 Å². The fourth-order valence-electron chi connectivity index (χ4n) is 2.83. The number of halogens is 2. The molecule has 1 N–H and O–H groups in total. The van der Waals surface area contributed by atoms with Crippen LogP contribution < -0.4 is 9.62 Å². The van der Waals surface area contributed by atoms with Crippen molar-refractivity contribution in [2.24, 2.45) is 0 Å². The standard InChI is InChI=1S/C22H20BrFN2O3S/c23-18-8-12-20(13-9-18)26(30(28,29)21-4-2-1-3-5-21)16-22(27)25-15-14-17-6-10-19(24)11-7-17/h1-13H,14-16H2,(H,25,27). The van der Waals surface area contributed by atoms with Crippen molar-refractivity contribution in [3.05, 3.63) is 94.7 Å². The summed E-state index contributed by atoms with van der Waals surface area (Å²) in [6.45, 7) is -0.0493. The van der Waals surface area contributed by atoms with Crippen LogP contribution in [0.4, 0.5) is 10.1 Å². The summed E-state index contributed by atoms with van der Waals surface area (Å²) in [5.74, 6) is -0.751. The van der Waals surface area contributed by atoms with E-state index in [1.165, 1.54) is 24.3 Å². The fraction of sp³-hybridized carbons (Fsp3) is 0.136. The summed E-state index contributed by atoms with van der Waals surface area (Å²) >= 11 is 3.33. The Kier molecular flexibility index (Phi) is 7.23. The number of carbonyl (C=O) groups excluding carboxylic acids is 1. The Morgan fingerprint density at radius 2 is 1.57 bits per heavy atom. The van der Waals surface area contributed by atoms with Gasteiger partial charge in [0.05, 0.1) is 10.6 Å². The quantitative estimate of drug-likeness (QED) is 0.515. The first-order chi connectivity index (χ1) is 14.4. The van der Waals surface area contributed by atoms with Crippen LogP contribution >= 0.6 is 15.9 Å². The first-order valence-electron chi connectivity index (χ1n) is 9.21. The number of hydrogen-bond acceptors (Lipinski definition) is 3. The Morgan fingerprint density at radius 1 is 0.933 bits per heavy atom. The number of rotatable bonds is 8. The van der Waals surface area contributed by atoms with E-state index in [0.717, 1.165) is 14.3 Å². The van der Waals surface area contributed by atoms with Crippen molar-refractivity contribution in [1.82, 2.24) is 5.32 Å². The Bertz CT molecular complexity index is 1090. The number of anilines is 1. The maximum atomic E-state index is 13.2. The molecule has 5 nitrogen and oxygen atoms in total. The zero-order chi connectivity index (χ0) is 21.6. The van der Waals surface area contributed by atoms with E-state index in [0.29, 0.717) is 18.7 Å². The van der Waals surface area contributed by atoms with Crippen LogP contribution in [-0.2, 0) is 21.2 Å². The van der Waals surface area contributed by atoms with Crippen LogP contribution in [0.5, 0.6) is 0 Å². The normalized spacial score (nSPS) is 11.1. The first kappa shape index (κ1) is 22.0. The molecule has 0 saturated heterocycles. The van der Waals surface area contributed by atoms with Crippen LogP contribution in [0.2, 0.25) is 0 Å². The first-order valence-corrected chi connectivity index (χ1v) is 11.4. The van der Waals surface area contributed by atoms with E-state index in [-0.39, 0.29) is 17.3 Å². The van der Waals surface area contributed by atoms with Crippen LogP contribution in [0.25, 0.3) is 0 Å². The SMILES string of the molecule is O=C(CN(c1ccc(Br)cc1)S(=O)(=O)c1ccccc1)NCCc1ccc(F)cc1. The summed E-state index contributed by atoms with van der Waals surface area (Å²) in [4.78, 5) is 12.6. The lowest BCUT2D eigenvalue weighted by atomic mass is 10.1. The van der Waals surface area contributed by atoms with Gasteiger partial charge in [-0.2, -0.15) is 0 Å². The van der Waals surface area contributed by atoms with Gasteiger partial charge >= 0.3 is 0 Å². The van der Waals surface area contributed by atoms with Gasteiger partial charge in [0.15, 0.2) is 0 Å². The molecule has 156 valence electrons. The van der Waals surface area contributed by atoms with Gasteiger partial charge in [-0.15, -0.1) is 0 Å². The van der Waals surface area contributed by atoms with Gasteiger partial charge < -0.3 is 5.32 Å². The molecule has 0 aliphatic rings. The molecular weight excluding hydrogens is 471 g/mol. The molecule has 0 atom stereocenters. The van der Waals surface area contributed by atoms with Crippen molar-refractivity contribution in [3.8, 4) is 0 Å². The maximum Gasteiger partial charge on any atom is 0.264 e. The Hall–Kier alpha value is -2.71. The fourth-order valence-corrected chi connectivity index (χ4v) is 4.53. The van der Waals surface area contributed by atoms with E-state index in [9.17, 15) is 17.6 Å². The average molecular weight is 491 g/mol. The minimum Gasteiger partial charge on any atom is -0.354 e. The van der Waals surface area contributed by atoms with E-state index in [1.54, 1.807) is 54.6 Å². The molecule has 30 heavy (non-hydrogen) atoms. The molecule has 0 aliphatic carbocycles. The summed E-state index contributed by atoms with van der Waals surface area (Å²) in [6.07, 6.45) is 0.510. The number of carbonyl (C=O) groups is 1. The minimum atomic E-state index is -3.93. The molecule has 0 aromatic heterocycles. The zero-order valence-electron chi connectivity index (χ0n) is 16.0. The highest BCUT2D eigenvalue weighted by molar-refractivity contribution is 9.10. The van der Waals surface area contributed by atoms with Gasteiger partial charge in [-0.25, -0.2) is 12.8 Å². The van der Waals surface area contributed by atoms with Gasteiger partial charge in [-0.1, -0.05) is 46.3 Å². The third-order valence-corrected chi connectivity index (χ3v) is 6.70. The number of amides is 1. The van der Waals surface area contributed by atoms with Gasteiger partial charge in [0.25, 0.3) is 10.0 Å². The zero-order valence-corrected chi connectivity index (χ0v) is 18.4. The van der Waals surface area contributed by atoms with E-state index >= 15 is 0 Å². The highest BCUT2D eigenvalue weighted by atomic mass is 79.9. The summed E-state index contributed by atoms with van der Waals surface area (Å²) < 4.78 is 41.2. The highest BCUT2D eigenvalue weighted by Gasteiger charge is 2.26. The lowest BCUT2D eigenvalue weighted by Crippen LogP contribution is -2.41. The van der Waals surface area contributed by atoms with Crippen molar-refractivity contribution in [2.75, 3.05) is 17.4 Å². The highest BCUT2D eigenvalue weighted by Crippen LogP contribution is 2.25. The van der Waals surface area contributed by atoms with Gasteiger partial charge in [0.2, 0.25) is 5.91 Å². The molecule has 0 fully saturated rings. The molecular formula is C22H20BrFN2O3S. The van der Waals surface area contributed by atoms with E-state index in [1.807, 2.05) is 0 Å². The monoisotopic (exact) mass is 490 g/mol. The van der Waals surface area contributed by atoms with E-state index in [2.05, 4.69) is 21.2 Å². The molecule has 0 aliphatic heterocycles. The average Bonchev–Trinajstić information content (AvgIpc) is 2.75. The molecule has 8 heteroatoms. The minimum absolute atomic E-state index is 0.104. The summed E-state index contributed by atoms with van der Waals surface area (Å²) in [5, 5.41) is 2.73. The lowest BCUT2D eigenvalue weighted by molar-refractivity contribution is -0.119. The van der Waals surface area contributed by atoms with Gasteiger partial charge in [-0.05, 0) is 60.5 Å². The van der Waals surface area contributed by atoms with Crippen molar-refractivity contribution >= 4 is 37.5 Å². The number of nitrogens with zero attached hydrogens (tertiary/aromatic N) is 1. The van der Waals surface area contributed by atoms with Crippen LogP contribution in [0.1, 0.15) is 5.56 Å². The summed E-state index contributed by atoms with van der Waals surface area (Å²) in [6, 6.07) is 20.7. The molecule has 0 unspecified atom stereocenters. The van der Waals surface area contributed by atoms with Crippen molar-refractivity contribution in [2.45, 2.75) is 11.3 Å². The molecule has 3 aromatic rings. The molecule has 0 saturated carbocycles. The van der Waals surface area contributed by atoms with E-state index in [4.69, 9.17) is 0 Å². The maximum absolute atomic E-state index is 13.2. The van der Waals surface area contributed by atoms with Crippen LogP contribution in [-0.4, -0.2) is 27.4 Å². The van der Waals surface area contributed by atoms with Gasteiger partial charge in [0.1, 0.15) is 12.4 Å². The third kappa shape index (κ3) is 5.67. The molecule has 3 rings (SSSR count). The topological polar surface area (TPSA) is 66.5 Å². The van der Waals surface area contributed by atoms with Crippen molar-refractivity contribution in [1.29, 1.82) is 0 Å². The van der Waals surface area contributed by atoms with Gasteiger partial charge in [-0.3, -0.25) is 9.10 Å². The second-order valence-corrected chi connectivity index (χ2v) is 9.31. The number of nitrogens with one attached hydrogen (secondary N) is 1. The van der Waals surface area contributed by atoms with Crippen molar-refractivity contribution in [3.63, 3.8) is 0 Å². The summed E-state index contributed by atoms with van der Waals surface area (Å²) in [5.41, 5.74) is 1.26. The molecule has 0 spiro atoms. The number of hydrogen-bond donors (Lipinski definition) is 1. The molecule has 1 amide bonds. The van der Waals surface area contributed by atoms with E-state index < -0.39 is 15.9 Å². The largest absolute Gasteiger partial charge is 0.354 e. The predicted octanol–water partition coefficient (Wildman–Crippen LogP) is 4.14. The molecule has 0 radical (unpaired) electrons. The molecule has 3 aromatic carbocycles. The second-order valence-electron chi connectivity index (χ2n) is 6.53. The van der Waals surface area contributed by atoms with Crippen LogP contribution in [0.3, 0.4) is 0 Å².